The quantitative estimate of drug-likeness (QED) is 0.892. The summed E-state index contributed by atoms with van der Waals surface area (Å²) < 4.78 is 11.2. The Bertz CT molecular complexity index is 349. The summed E-state index contributed by atoms with van der Waals surface area (Å²) in [7, 11) is 1.99. The molecule has 0 aliphatic carbocycles. The van der Waals surface area contributed by atoms with Crippen molar-refractivity contribution in [1.82, 2.24) is 5.32 Å². The van der Waals surface area contributed by atoms with Crippen LogP contribution in [0.15, 0.2) is 24.3 Å². The van der Waals surface area contributed by atoms with E-state index in [9.17, 15) is 0 Å². The molecule has 1 atom stereocenters. The highest BCUT2D eigenvalue weighted by atomic mass is 35.5. The minimum Gasteiger partial charge on any atom is -0.492 e. The van der Waals surface area contributed by atoms with Gasteiger partial charge in [0.2, 0.25) is 0 Å². The van der Waals surface area contributed by atoms with E-state index in [1.165, 1.54) is 0 Å². The van der Waals surface area contributed by atoms with Crippen molar-refractivity contribution in [2.45, 2.75) is 18.9 Å². The number of rotatable bonds is 5. The lowest BCUT2D eigenvalue weighted by Crippen LogP contribution is -2.41. The molecule has 1 aromatic carbocycles. The van der Waals surface area contributed by atoms with Crippen LogP contribution in [0.2, 0.25) is 5.02 Å². The second-order valence-corrected chi connectivity index (χ2v) is 5.05. The Balaban J connectivity index is 1.84. The minimum absolute atomic E-state index is 0.379. The van der Waals surface area contributed by atoms with E-state index >= 15 is 0 Å². The maximum Gasteiger partial charge on any atom is 0.119 e. The van der Waals surface area contributed by atoms with E-state index in [2.05, 4.69) is 5.32 Å². The Labute approximate surface area is 113 Å². The van der Waals surface area contributed by atoms with E-state index in [1.54, 1.807) is 0 Å². The summed E-state index contributed by atoms with van der Waals surface area (Å²) in [6.45, 7) is 2.41. The molecule has 0 bridgehead atoms. The largest absolute Gasteiger partial charge is 0.492 e. The van der Waals surface area contributed by atoms with Gasteiger partial charge in [-0.15, -0.1) is 0 Å². The van der Waals surface area contributed by atoms with Gasteiger partial charge in [-0.2, -0.15) is 0 Å². The third-order valence-electron chi connectivity index (χ3n) is 3.45. The molecule has 0 spiro atoms. The van der Waals surface area contributed by atoms with E-state index in [-0.39, 0.29) is 0 Å². The van der Waals surface area contributed by atoms with Crippen molar-refractivity contribution in [2.75, 3.05) is 26.9 Å². The number of likely N-dealkylation sites (N-methyl/N-ethyl adjacent to an activating group) is 1. The molecule has 3 nitrogen and oxygen atoms in total. The lowest BCUT2D eigenvalue weighted by atomic mass is 9.92. The summed E-state index contributed by atoms with van der Waals surface area (Å²) in [4.78, 5) is 0. The monoisotopic (exact) mass is 269 g/mol. The Morgan fingerprint density at radius 3 is 2.61 bits per heavy atom. The second kappa shape index (κ2) is 6.98. The number of nitrogens with one attached hydrogen (secondary N) is 1. The Morgan fingerprint density at radius 2 is 2.00 bits per heavy atom. The van der Waals surface area contributed by atoms with Crippen LogP contribution in [0.5, 0.6) is 5.75 Å². The molecule has 0 saturated carbocycles. The van der Waals surface area contributed by atoms with Crippen LogP contribution in [-0.4, -0.2) is 32.9 Å². The molecule has 1 aliphatic rings. The van der Waals surface area contributed by atoms with Crippen molar-refractivity contribution in [1.29, 1.82) is 0 Å². The van der Waals surface area contributed by atoms with E-state index in [0.717, 1.165) is 36.8 Å². The highest BCUT2D eigenvalue weighted by Gasteiger charge is 2.23. The predicted molar refractivity (Wildman–Crippen MR) is 73.3 cm³/mol. The lowest BCUT2D eigenvalue weighted by Gasteiger charge is -2.29. The number of hydrogen-bond donors (Lipinski definition) is 1. The van der Waals surface area contributed by atoms with Crippen LogP contribution in [0, 0.1) is 5.92 Å². The van der Waals surface area contributed by atoms with Gasteiger partial charge in [0, 0.05) is 24.3 Å². The summed E-state index contributed by atoms with van der Waals surface area (Å²) in [6, 6.07) is 7.88. The van der Waals surface area contributed by atoms with Gasteiger partial charge in [0.25, 0.3) is 0 Å². The van der Waals surface area contributed by atoms with Crippen LogP contribution < -0.4 is 10.1 Å². The SMILES string of the molecule is CNC(COc1ccc(Cl)cc1)C1CCOCC1. The molecule has 18 heavy (non-hydrogen) atoms. The molecule has 1 N–H and O–H groups in total. The van der Waals surface area contributed by atoms with Crippen molar-refractivity contribution < 1.29 is 9.47 Å². The lowest BCUT2D eigenvalue weighted by molar-refractivity contribution is 0.0473. The molecule has 1 aromatic rings. The second-order valence-electron chi connectivity index (χ2n) is 4.61. The zero-order valence-corrected chi connectivity index (χ0v) is 11.5. The first kappa shape index (κ1) is 13.7. The van der Waals surface area contributed by atoms with Gasteiger partial charge in [-0.1, -0.05) is 11.6 Å². The average Bonchev–Trinajstić information content (AvgIpc) is 2.43. The van der Waals surface area contributed by atoms with Gasteiger partial charge in [-0.3, -0.25) is 0 Å². The molecule has 4 heteroatoms. The van der Waals surface area contributed by atoms with Gasteiger partial charge in [0.15, 0.2) is 0 Å². The van der Waals surface area contributed by atoms with E-state index in [0.29, 0.717) is 18.6 Å². The van der Waals surface area contributed by atoms with Gasteiger partial charge in [0.1, 0.15) is 12.4 Å². The third kappa shape index (κ3) is 3.87. The van der Waals surface area contributed by atoms with Crippen molar-refractivity contribution in [2.24, 2.45) is 5.92 Å². The minimum atomic E-state index is 0.379. The topological polar surface area (TPSA) is 30.5 Å². The highest BCUT2D eigenvalue weighted by Crippen LogP contribution is 2.20. The summed E-state index contributed by atoms with van der Waals surface area (Å²) in [6.07, 6.45) is 2.21. The number of halogens is 1. The van der Waals surface area contributed by atoms with E-state index in [1.807, 2.05) is 31.3 Å². The highest BCUT2D eigenvalue weighted by molar-refractivity contribution is 6.30. The van der Waals surface area contributed by atoms with Gasteiger partial charge in [-0.25, -0.2) is 0 Å². The predicted octanol–water partition coefficient (Wildman–Crippen LogP) is 2.73. The first-order valence-corrected chi connectivity index (χ1v) is 6.81. The molecule has 0 radical (unpaired) electrons. The molecule has 1 aliphatic heterocycles. The molecule has 2 rings (SSSR count). The third-order valence-corrected chi connectivity index (χ3v) is 3.70. The summed E-state index contributed by atoms with van der Waals surface area (Å²) in [5.74, 6) is 1.50. The fourth-order valence-electron chi connectivity index (χ4n) is 2.29. The maximum absolute atomic E-state index is 5.84. The van der Waals surface area contributed by atoms with Crippen LogP contribution in [0.1, 0.15) is 12.8 Å². The van der Waals surface area contributed by atoms with Crippen molar-refractivity contribution in [3.63, 3.8) is 0 Å². The molecular formula is C14H20ClNO2. The number of ether oxygens (including phenoxy) is 2. The zero-order valence-electron chi connectivity index (χ0n) is 10.7. The van der Waals surface area contributed by atoms with E-state index < -0.39 is 0 Å². The summed E-state index contributed by atoms with van der Waals surface area (Å²) in [5.41, 5.74) is 0. The van der Waals surface area contributed by atoms with E-state index in [4.69, 9.17) is 21.1 Å². The summed E-state index contributed by atoms with van der Waals surface area (Å²) >= 11 is 5.84. The molecular weight excluding hydrogens is 250 g/mol. The molecule has 1 heterocycles. The van der Waals surface area contributed by atoms with Gasteiger partial charge < -0.3 is 14.8 Å². The van der Waals surface area contributed by atoms with Gasteiger partial charge >= 0.3 is 0 Å². The molecule has 0 amide bonds. The molecule has 1 unspecified atom stereocenters. The van der Waals surface area contributed by atoms with Gasteiger partial charge in [0.05, 0.1) is 0 Å². The smallest absolute Gasteiger partial charge is 0.119 e. The maximum atomic E-state index is 5.84. The Morgan fingerprint density at radius 1 is 1.33 bits per heavy atom. The fraction of sp³-hybridized carbons (Fsp3) is 0.571. The standard InChI is InChI=1S/C14H20ClNO2/c1-16-14(11-6-8-17-9-7-11)10-18-13-4-2-12(15)3-5-13/h2-5,11,14,16H,6-10H2,1H3. The first-order chi connectivity index (χ1) is 8.79. The molecule has 0 aromatic heterocycles. The molecule has 1 fully saturated rings. The zero-order chi connectivity index (χ0) is 12.8. The van der Waals surface area contributed by atoms with Crippen LogP contribution in [0.3, 0.4) is 0 Å². The Hall–Kier alpha value is -0.770. The first-order valence-electron chi connectivity index (χ1n) is 6.43. The number of hydrogen-bond acceptors (Lipinski definition) is 3. The van der Waals surface area contributed by atoms with Crippen LogP contribution in [0.25, 0.3) is 0 Å². The summed E-state index contributed by atoms with van der Waals surface area (Å²) in [5, 5.41) is 4.08. The van der Waals surface area contributed by atoms with Crippen molar-refractivity contribution in [3.05, 3.63) is 29.3 Å². The van der Waals surface area contributed by atoms with Gasteiger partial charge in [-0.05, 0) is 50.1 Å². The average molecular weight is 270 g/mol. The molecule has 1 saturated heterocycles. The fourth-order valence-corrected chi connectivity index (χ4v) is 2.42. The van der Waals surface area contributed by atoms with Crippen LogP contribution in [0.4, 0.5) is 0 Å². The Kier molecular flexibility index (Phi) is 5.29. The van der Waals surface area contributed by atoms with Crippen LogP contribution in [-0.2, 0) is 4.74 Å². The van der Waals surface area contributed by atoms with Crippen LogP contribution >= 0.6 is 11.6 Å². The normalized spacial score (nSPS) is 18.6. The van der Waals surface area contributed by atoms with Crippen molar-refractivity contribution in [3.8, 4) is 5.75 Å². The molecule has 100 valence electrons. The van der Waals surface area contributed by atoms with Crippen molar-refractivity contribution >= 4 is 11.6 Å². The number of benzene rings is 1.